The molecule has 1 aliphatic rings. The third-order valence-corrected chi connectivity index (χ3v) is 3.86. The monoisotopic (exact) mass is 277 g/mol. The Hall–Kier alpha value is -1.88. The SMILES string of the molecule is CC(C)(C(=O)N1CC(O)CC1C(=O)O)c1ccccc1. The number of β-amino-alcohol motifs (C(OH)–C–C–N with tert-alkyl or cyclic N) is 1. The summed E-state index contributed by atoms with van der Waals surface area (Å²) < 4.78 is 0. The van der Waals surface area contributed by atoms with Crippen molar-refractivity contribution in [1.82, 2.24) is 4.90 Å². The van der Waals surface area contributed by atoms with Gasteiger partial charge in [-0.05, 0) is 19.4 Å². The minimum atomic E-state index is -1.07. The van der Waals surface area contributed by atoms with E-state index < -0.39 is 23.5 Å². The molecule has 1 aliphatic heterocycles. The van der Waals surface area contributed by atoms with Crippen LogP contribution in [0.3, 0.4) is 0 Å². The molecule has 0 aliphatic carbocycles. The number of hydrogen-bond acceptors (Lipinski definition) is 3. The quantitative estimate of drug-likeness (QED) is 0.864. The summed E-state index contributed by atoms with van der Waals surface area (Å²) in [6.07, 6.45) is -0.682. The smallest absolute Gasteiger partial charge is 0.326 e. The van der Waals surface area contributed by atoms with Crippen LogP contribution in [-0.2, 0) is 15.0 Å². The van der Waals surface area contributed by atoms with Gasteiger partial charge in [0.1, 0.15) is 6.04 Å². The maximum Gasteiger partial charge on any atom is 0.326 e. The summed E-state index contributed by atoms with van der Waals surface area (Å²) in [5.41, 5.74) is 0.00878. The van der Waals surface area contributed by atoms with Gasteiger partial charge in [-0.3, -0.25) is 4.79 Å². The van der Waals surface area contributed by atoms with Gasteiger partial charge >= 0.3 is 5.97 Å². The highest BCUT2D eigenvalue weighted by atomic mass is 16.4. The van der Waals surface area contributed by atoms with Crippen molar-refractivity contribution in [1.29, 1.82) is 0 Å². The lowest BCUT2D eigenvalue weighted by Gasteiger charge is -2.31. The highest BCUT2D eigenvalue weighted by molar-refractivity contribution is 5.91. The Morgan fingerprint density at radius 1 is 1.25 bits per heavy atom. The molecule has 5 nitrogen and oxygen atoms in total. The van der Waals surface area contributed by atoms with Crippen LogP contribution in [0.1, 0.15) is 25.8 Å². The zero-order chi connectivity index (χ0) is 14.9. The molecule has 0 spiro atoms. The van der Waals surface area contributed by atoms with Gasteiger partial charge in [-0.25, -0.2) is 4.79 Å². The number of rotatable bonds is 3. The molecule has 1 heterocycles. The molecule has 2 unspecified atom stereocenters. The van der Waals surface area contributed by atoms with Crippen molar-refractivity contribution in [2.24, 2.45) is 0 Å². The number of aliphatic carboxylic acids is 1. The number of carboxylic acid groups (broad SMARTS) is 1. The van der Waals surface area contributed by atoms with E-state index in [9.17, 15) is 19.8 Å². The van der Waals surface area contributed by atoms with Crippen molar-refractivity contribution < 1.29 is 19.8 Å². The van der Waals surface area contributed by atoms with Gasteiger partial charge in [0, 0.05) is 13.0 Å². The molecule has 1 amide bonds. The predicted molar refractivity (Wildman–Crippen MR) is 73.2 cm³/mol. The van der Waals surface area contributed by atoms with Crippen molar-refractivity contribution in [3.63, 3.8) is 0 Å². The van der Waals surface area contributed by atoms with Gasteiger partial charge in [0.05, 0.1) is 11.5 Å². The number of likely N-dealkylation sites (tertiary alicyclic amines) is 1. The topological polar surface area (TPSA) is 77.8 Å². The third kappa shape index (κ3) is 2.54. The van der Waals surface area contributed by atoms with Crippen LogP contribution in [0.15, 0.2) is 30.3 Å². The van der Waals surface area contributed by atoms with Gasteiger partial charge in [-0.2, -0.15) is 0 Å². The average Bonchev–Trinajstić information content (AvgIpc) is 2.81. The van der Waals surface area contributed by atoms with Gasteiger partial charge in [0.25, 0.3) is 0 Å². The predicted octanol–water partition coefficient (Wildman–Crippen LogP) is 1.01. The molecule has 1 saturated heterocycles. The summed E-state index contributed by atoms with van der Waals surface area (Å²) in [7, 11) is 0. The molecule has 1 aromatic carbocycles. The van der Waals surface area contributed by atoms with E-state index in [-0.39, 0.29) is 18.9 Å². The van der Waals surface area contributed by atoms with E-state index in [0.29, 0.717) is 0 Å². The van der Waals surface area contributed by atoms with Crippen LogP contribution in [0.4, 0.5) is 0 Å². The molecule has 0 saturated carbocycles. The second kappa shape index (κ2) is 5.25. The maximum atomic E-state index is 12.7. The first-order chi connectivity index (χ1) is 9.34. The highest BCUT2D eigenvalue weighted by Gasteiger charge is 2.44. The van der Waals surface area contributed by atoms with Crippen LogP contribution in [0.5, 0.6) is 0 Å². The first kappa shape index (κ1) is 14.5. The Labute approximate surface area is 117 Å². The summed E-state index contributed by atoms with van der Waals surface area (Å²) in [4.78, 5) is 25.2. The Bertz CT molecular complexity index is 512. The third-order valence-electron chi connectivity index (χ3n) is 3.86. The fourth-order valence-electron chi connectivity index (χ4n) is 2.61. The van der Waals surface area contributed by atoms with Crippen molar-refractivity contribution in [3.8, 4) is 0 Å². The van der Waals surface area contributed by atoms with Crippen molar-refractivity contribution in [2.45, 2.75) is 37.8 Å². The van der Waals surface area contributed by atoms with E-state index in [4.69, 9.17) is 0 Å². The normalized spacial score (nSPS) is 22.9. The molecule has 1 aromatic rings. The van der Waals surface area contributed by atoms with Crippen molar-refractivity contribution in [2.75, 3.05) is 6.54 Å². The number of carboxylic acids is 1. The Kier molecular flexibility index (Phi) is 3.81. The standard InChI is InChI=1S/C15H19NO4/c1-15(2,10-6-4-3-5-7-10)14(20)16-9-11(17)8-12(16)13(18)19/h3-7,11-12,17H,8-9H2,1-2H3,(H,18,19). The summed E-state index contributed by atoms with van der Waals surface area (Å²) in [6.45, 7) is 3.62. The zero-order valence-electron chi connectivity index (χ0n) is 11.6. The number of carbonyl (C=O) groups excluding carboxylic acids is 1. The van der Waals surface area contributed by atoms with E-state index in [1.807, 2.05) is 30.3 Å². The molecular weight excluding hydrogens is 258 g/mol. The zero-order valence-corrected chi connectivity index (χ0v) is 11.6. The average molecular weight is 277 g/mol. The molecule has 5 heteroatoms. The molecule has 2 N–H and O–H groups in total. The fourth-order valence-corrected chi connectivity index (χ4v) is 2.61. The lowest BCUT2D eigenvalue weighted by molar-refractivity contribution is -0.150. The molecule has 0 bridgehead atoms. The molecule has 1 fully saturated rings. The minimum Gasteiger partial charge on any atom is -0.480 e. The van der Waals surface area contributed by atoms with Crippen LogP contribution in [-0.4, -0.2) is 45.7 Å². The van der Waals surface area contributed by atoms with Gasteiger partial charge in [0.2, 0.25) is 5.91 Å². The van der Waals surface area contributed by atoms with E-state index in [1.54, 1.807) is 13.8 Å². The molecule has 108 valence electrons. The molecule has 20 heavy (non-hydrogen) atoms. The van der Waals surface area contributed by atoms with Gasteiger partial charge in [0.15, 0.2) is 0 Å². The summed E-state index contributed by atoms with van der Waals surface area (Å²) in [5, 5.41) is 18.8. The Morgan fingerprint density at radius 2 is 1.85 bits per heavy atom. The molecule has 2 atom stereocenters. The summed E-state index contributed by atoms with van der Waals surface area (Å²) in [6, 6.07) is 8.31. The Morgan fingerprint density at radius 3 is 2.40 bits per heavy atom. The number of hydrogen-bond donors (Lipinski definition) is 2. The lowest BCUT2D eigenvalue weighted by Crippen LogP contribution is -2.48. The van der Waals surface area contributed by atoms with Crippen molar-refractivity contribution >= 4 is 11.9 Å². The van der Waals surface area contributed by atoms with Gasteiger partial charge < -0.3 is 15.1 Å². The van der Waals surface area contributed by atoms with Crippen LogP contribution in [0.2, 0.25) is 0 Å². The summed E-state index contributed by atoms with van der Waals surface area (Å²) in [5.74, 6) is -1.34. The maximum absolute atomic E-state index is 12.7. The first-order valence-electron chi connectivity index (χ1n) is 6.61. The van der Waals surface area contributed by atoms with E-state index in [0.717, 1.165) is 5.56 Å². The molecular formula is C15H19NO4. The van der Waals surface area contributed by atoms with Crippen molar-refractivity contribution in [3.05, 3.63) is 35.9 Å². The second-order valence-corrected chi connectivity index (χ2v) is 5.69. The number of nitrogens with zero attached hydrogens (tertiary/aromatic N) is 1. The van der Waals surface area contributed by atoms with E-state index in [2.05, 4.69) is 0 Å². The summed E-state index contributed by atoms with van der Waals surface area (Å²) >= 11 is 0. The number of benzene rings is 1. The van der Waals surface area contributed by atoms with Crippen LogP contribution in [0, 0.1) is 0 Å². The van der Waals surface area contributed by atoms with Crippen LogP contribution >= 0.6 is 0 Å². The Balaban J connectivity index is 2.28. The van der Waals surface area contributed by atoms with E-state index >= 15 is 0 Å². The second-order valence-electron chi connectivity index (χ2n) is 5.69. The largest absolute Gasteiger partial charge is 0.480 e. The van der Waals surface area contributed by atoms with Crippen LogP contribution < -0.4 is 0 Å². The molecule has 2 rings (SSSR count). The number of aliphatic hydroxyl groups excluding tert-OH is 1. The van der Waals surface area contributed by atoms with E-state index in [1.165, 1.54) is 4.90 Å². The molecule has 0 aromatic heterocycles. The van der Waals surface area contributed by atoms with Gasteiger partial charge in [-0.15, -0.1) is 0 Å². The van der Waals surface area contributed by atoms with Gasteiger partial charge in [-0.1, -0.05) is 30.3 Å². The lowest BCUT2D eigenvalue weighted by atomic mass is 9.83. The number of carbonyl (C=O) groups is 2. The minimum absolute atomic E-state index is 0.0755. The highest BCUT2D eigenvalue weighted by Crippen LogP contribution is 2.29. The fraction of sp³-hybridized carbons (Fsp3) is 0.467. The number of aliphatic hydroxyl groups is 1. The number of amides is 1. The van der Waals surface area contributed by atoms with Crippen LogP contribution in [0.25, 0.3) is 0 Å². The first-order valence-corrected chi connectivity index (χ1v) is 6.61. The molecule has 0 radical (unpaired) electrons.